The summed E-state index contributed by atoms with van der Waals surface area (Å²) in [5.41, 5.74) is 7.54. The van der Waals surface area contributed by atoms with Gasteiger partial charge in [-0.1, -0.05) is 12.1 Å². The Morgan fingerprint density at radius 2 is 2.05 bits per heavy atom. The van der Waals surface area contributed by atoms with E-state index in [9.17, 15) is 0 Å². The summed E-state index contributed by atoms with van der Waals surface area (Å²) in [6, 6.07) is 7.89. The number of para-hydroxylation sites is 2. The first-order chi connectivity index (χ1) is 9.81. The Hall–Kier alpha value is -1.88. The third kappa shape index (κ3) is 2.41. The van der Waals surface area contributed by atoms with Crippen molar-refractivity contribution in [2.75, 3.05) is 31.1 Å². The van der Waals surface area contributed by atoms with E-state index in [2.05, 4.69) is 9.88 Å². The highest BCUT2D eigenvalue weighted by Crippen LogP contribution is 2.30. The van der Waals surface area contributed by atoms with Crippen LogP contribution in [0.4, 0.5) is 5.82 Å². The summed E-state index contributed by atoms with van der Waals surface area (Å²) < 4.78 is 5.68. The molecule has 0 spiro atoms. The smallest absolute Gasteiger partial charge is 0.258 e. The molecule has 0 aliphatic carbocycles. The van der Waals surface area contributed by atoms with Gasteiger partial charge in [-0.15, -0.1) is 0 Å². The highest BCUT2D eigenvalue weighted by Gasteiger charge is 2.25. The minimum atomic E-state index is 0.540. The van der Waals surface area contributed by atoms with Crippen molar-refractivity contribution in [1.29, 1.82) is 0 Å². The van der Waals surface area contributed by atoms with Gasteiger partial charge in [0.15, 0.2) is 5.82 Å². The number of aromatic nitrogens is 2. The van der Waals surface area contributed by atoms with Gasteiger partial charge in [0, 0.05) is 13.1 Å². The maximum Gasteiger partial charge on any atom is 0.258 e. The number of fused-ring (bicyclic) bond motifs is 1. The lowest BCUT2D eigenvalue weighted by Crippen LogP contribution is -2.24. The predicted octanol–water partition coefficient (Wildman–Crippen LogP) is 1.81. The Bertz CT molecular complexity index is 601. The highest BCUT2D eigenvalue weighted by molar-refractivity contribution is 5.77. The molecule has 1 saturated heterocycles. The lowest BCUT2D eigenvalue weighted by Gasteiger charge is -2.20. The van der Waals surface area contributed by atoms with Crippen molar-refractivity contribution in [2.24, 2.45) is 11.7 Å². The van der Waals surface area contributed by atoms with Crippen LogP contribution >= 0.6 is 0 Å². The summed E-state index contributed by atoms with van der Waals surface area (Å²) in [5, 5.41) is 0. The Kier molecular flexibility index (Phi) is 3.69. The molecule has 1 aromatic carbocycles. The molecule has 1 aliphatic rings. The van der Waals surface area contributed by atoms with Crippen LogP contribution in [0.1, 0.15) is 13.3 Å². The highest BCUT2D eigenvalue weighted by atomic mass is 16.5. The van der Waals surface area contributed by atoms with Gasteiger partial charge < -0.3 is 15.4 Å². The number of rotatable bonds is 4. The SMILES string of the molecule is CCOc1nc2ccccc2nc1N1CCC(CN)C1. The first-order valence-electron chi connectivity index (χ1n) is 7.16. The summed E-state index contributed by atoms with van der Waals surface area (Å²) in [6.07, 6.45) is 1.11. The van der Waals surface area contributed by atoms with E-state index in [0.717, 1.165) is 42.9 Å². The maximum absolute atomic E-state index is 5.77. The summed E-state index contributed by atoms with van der Waals surface area (Å²) in [6.45, 7) is 5.18. The van der Waals surface area contributed by atoms with Crippen molar-refractivity contribution in [2.45, 2.75) is 13.3 Å². The third-order valence-electron chi connectivity index (χ3n) is 3.72. The largest absolute Gasteiger partial charge is 0.475 e. The van der Waals surface area contributed by atoms with Crippen molar-refractivity contribution < 1.29 is 4.74 Å². The fourth-order valence-electron chi connectivity index (χ4n) is 2.63. The summed E-state index contributed by atoms with van der Waals surface area (Å²) in [5.74, 6) is 2.02. The van der Waals surface area contributed by atoms with Gasteiger partial charge in [0.05, 0.1) is 17.6 Å². The molecule has 2 aromatic rings. The van der Waals surface area contributed by atoms with Gasteiger partial charge >= 0.3 is 0 Å². The van der Waals surface area contributed by atoms with Crippen LogP contribution in [0.2, 0.25) is 0 Å². The second-order valence-electron chi connectivity index (χ2n) is 5.11. The number of hydrogen-bond acceptors (Lipinski definition) is 5. The molecule has 1 unspecified atom stereocenters. The topological polar surface area (TPSA) is 64.3 Å². The zero-order valence-electron chi connectivity index (χ0n) is 11.7. The Balaban J connectivity index is 2.01. The molecular formula is C15H20N4O. The first-order valence-corrected chi connectivity index (χ1v) is 7.16. The maximum atomic E-state index is 5.77. The molecule has 2 heterocycles. The number of nitrogens with zero attached hydrogens (tertiary/aromatic N) is 3. The van der Waals surface area contributed by atoms with Crippen LogP contribution in [-0.2, 0) is 0 Å². The molecule has 0 saturated carbocycles. The van der Waals surface area contributed by atoms with Crippen molar-refractivity contribution in [1.82, 2.24) is 9.97 Å². The van der Waals surface area contributed by atoms with E-state index in [-0.39, 0.29) is 0 Å². The average Bonchev–Trinajstić information content (AvgIpc) is 2.95. The van der Waals surface area contributed by atoms with E-state index >= 15 is 0 Å². The molecule has 0 bridgehead atoms. The van der Waals surface area contributed by atoms with Gasteiger partial charge in [-0.05, 0) is 37.9 Å². The molecule has 1 aromatic heterocycles. The van der Waals surface area contributed by atoms with Gasteiger partial charge in [-0.2, -0.15) is 0 Å². The van der Waals surface area contributed by atoms with Gasteiger partial charge in [0.1, 0.15) is 0 Å². The molecule has 5 heteroatoms. The molecule has 1 atom stereocenters. The molecule has 3 rings (SSSR count). The molecule has 0 radical (unpaired) electrons. The summed E-state index contributed by atoms with van der Waals surface area (Å²) in [4.78, 5) is 11.6. The van der Waals surface area contributed by atoms with Gasteiger partial charge in [-0.25, -0.2) is 9.97 Å². The minimum Gasteiger partial charge on any atom is -0.475 e. The van der Waals surface area contributed by atoms with E-state index < -0.39 is 0 Å². The molecule has 106 valence electrons. The monoisotopic (exact) mass is 272 g/mol. The van der Waals surface area contributed by atoms with Gasteiger partial charge in [0.25, 0.3) is 5.88 Å². The molecule has 2 N–H and O–H groups in total. The second kappa shape index (κ2) is 5.63. The van der Waals surface area contributed by atoms with Crippen LogP contribution < -0.4 is 15.4 Å². The fraction of sp³-hybridized carbons (Fsp3) is 0.467. The van der Waals surface area contributed by atoms with Crippen LogP contribution in [0.25, 0.3) is 11.0 Å². The summed E-state index contributed by atoms with van der Waals surface area (Å²) >= 11 is 0. The lowest BCUT2D eigenvalue weighted by molar-refractivity contribution is 0.327. The number of hydrogen-bond donors (Lipinski definition) is 1. The van der Waals surface area contributed by atoms with Crippen molar-refractivity contribution >= 4 is 16.9 Å². The van der Waals surface area contributed by atoms with E-state index in [1.165, 1.54) is 0 Å². The van der Waals surface area contributed by atoms with Crippen molar-refractivity contribution in [3.8, 4) is 5.88 Å². The van der Waals surface area contributed by atoms with Crippen molar-refractivity contribution in [3.05, 3.63) is 24.3 Å². The minimum absolute atomic E-state index is 0.540. The van der Waals surface area contributed by atoms with E-state index in [1.54, 1.807) is 0 Å². The number of nitrogens with two attached hydrogens (primary N) is 1. The third-order valence-corrected chi connectivity index (χ3v) is 3.72. The van der Waals surface area contributed by atoms with Gasteiger partial charge in [0.2, 0.25) is 0 Å². The molecule has 1 fully saturated rings. The molecular weight excluding hydrogens is 252 g/mol. The zero-order chi connectivity index (χ0) is 13.9. The molecule has 1 aliphatic heterocycles. The first kappa shape index (κ1) is 13.1. The lowest BCUT2D eigenvalue weighted by atomic mass is 10.1. The van der Waals surface area contributed by atoms with Crippen molar-refractivity contribution in [3.63, 3.8) is 0 Å². The van der Waals surface area contributed by atoms with Crippen LogP contribution in [0.5, 0.6) is 5.88 Å². The van der Waals surface area contributed by atoms with E-state index in [0.29, 0.717) is 18.4 Å². The van der Waals surface area contributed by atoms with E-state index in [1.807, 2.05) is 31.2 Å². The standard InChI is InChI=1S/C15H20N4O/c1-2-20-15-14(19-8-7-11(9-16)10-19)17-12-5-3-4-6-13(12)18-15/h3-6,11H,2,7-10,16H2,1H3. The Morgan fingerprint density at radius 3 is 2.70 bits per heavy atom. The Labute approximate surface area is 118 Å². The molecule has 20 heavy (non-hydrogen) atoms. The number of anilines is 1. The number of benzene rings is 1. The van der Waals surface area contributed by atoms with Crippen LogP contribution in [-0.4, -0.2) is 36.2 Å². The number of ether oxygens (including phenoxy) is 1. The van der Waals surface area contributed by atoms with Crippen LogP contribution in [0, 0.1) is 5.92 Å². The second-order valence-corrected chi connectivity index (χ2v) is 5.11. The summed E-state index contributed by atoms with van der Waals surface area (Å²) in [7, 11) is 0. The fourth-order valence-corrected chi connectivity index (χ4v) is 2.63. The van der Waals surface area contributed by atoms with E-state index in [4.69, 9.17) is 15.5 Å². The van der Waals surface area contributed by atoms with Crippen LogP contribution in [0.3, 0.4) is 0 Å². The Morgan fingerprint density at radius 1 is 1.30 bits per heavy atom. The molecule has 5 nitrogen and oxygen atoms in total. The zero-order valence-corrected chi connectivity index (χ0v) is 11.7. The van der Waals surface area contributed by atoms with Crippen LogP contribution in [0.15, 0.2) is 24.3 Å². The quantitative estimate of drug-likeness (QED) is 0.919. The molecule has 0 amide bonds. The van der Waals surface area contributed by atoms with Gasteiger partial charge in [-0.3, -0.25) is 0 Å². The normalized spacial score (nSPS) is 18.7. The average molecular weight is 272 g/mol. The predicted molar refractivity (Wildman–Crippen MR) is 80.1 cm³/mol.